The van der Waals surface area contributed by atoms with Gasteiger partial charge in [-0.2, -0.15) is 0 Å². The molecule has 0 fully saturated rings. The molecule has 1 N–H and O–H groups in total. The molecule has 0 amide bonds. The average molecular weight is 685 g/mol. The van der Waals surface area contributed by atoms with E-state index in [1.165, 1.54) is 24.3 Å². The second kappa shape index (κ2) is 22.6. The van der Waals surface area contributed by atoms with Crippen LogP contribution in [0, 0.1) is 20.2 Å². The highest BCUT2D eigenvalue weighted by Crippen LogP contribution is 2.26. The molecular weight excluding hydrogens is 636 g/mol. The lowest BCUT2D eigenvalue weighted by Crippen LogP contribution is -1.99. The number of non-ortho nitro benzene ring substituents is 2. The van der Waals surface area contributed by atoms with Crippen LogP contribution >= 0.6 is 0 Å². The summed E-state index contributed by atoms with van der Waals surface area (Å²) in [4.78, 5) is 20.6. The number of benzene rings is 4. The Morgan fingerprint density at radius 1 is 0.560 bits per heavy atom. The van der Waals surface area contributed by atoms with E-state index in [0.717, 1.165) is 97.3 Å². The van der Waals surface area contributed by atoms with Crippen LogP contribution in [0.4, 0.5) is 11.4 Å². The van der Waals surface area contributed by atoms with Gasteiger partial charge in [0.25, 0.3) is 11.4 Å². The van der Waals surface area contributed by atoms with E-state index in [1.807, 2.05) is 55.5 Å². The van der Waals surface area contributed by atoms with Crippen molar-refractivity contribution in [1.29, 1.82) is 0 Å². The van der Waals surface area contributed by atoms with Crippen LogP contribution in [0.25, 0.3) is 22.3 Å². The minimum Gasteiger partial charge on any atom is -0.494 e. The molecule has 0 unspecified atom stereocenters. The zero-order valence-corrected chi connectivity index (χ0v) is 28.8. The zero-order chi connectivity index (χ0) is 36.0. The van der Waals surface area contributed by atoms with Crippen molar-refractivity contribution in [2.45, 2.75) is 58.3 Å². The quantitative estimate of drug-likeness (QED) is 0.0397. The fraction of sp³-hybridized carbons (Fsp3) is 0.350. The third-order valence-corrected chi connectivity index (χ3v) is 7.65. The molecule has 0 saturated carbocycles. The van der Waals surface area contributed by atoms with Crippen molar-refractivity contribution in [3.63, 3.8) is 0 Å². The average Bonchev–Trinajstić information content (AvgIpc) is 3.13. The van der Waals surface area contributed by atoms with Gasteiger partial charge in [-0.15, -0.1) is 0 Å². The van der Waals surface area contributed by atoms with Crippen LogP contribution in [0.15, 0.2) is 109 Å². The van der Waals surface area contributed by atoms with Crippen LogP contribution < -0.4 is 9.47 Å². The van der Waals surface area contributed by atoms with Gasteiger partial charge in [0.2, 0.25) is 0 Å². The van der Waals surface area contributed by atoms with Crippen LogP contribution in [-0.2, 0) is 4.74 Å². The van der Waals surface area contributed by atoms with Gasteiger partial charge in [-0.3, -0.25) is 20.2 Å². The molecule has 0 aromatic heterocycles. The number of aliphatic hydroxyl groups is 1. The van der Waals surface area contributed by atoms with E-state index in [2.05, 4.69) is 6.58 Å². The highest BCUT2D eigenvalue weighted by molar-refractivity contribution is 5.66. The highest BCUT2D eigenvalue weighted by Gasteiger charge is 2.07. The largest absolute Gasteiger partial charge is 0.494 e. The molecular formula is C40H48N2O8. The summed E-state index contributed by atoms with van der Waals surface area (Å²) in [5, 5.41) is 30.1. The Morgan fingerprint density at radius 3 is 1.24 bits per heavy atom. The summed E-state index contributed by atoms with van der Waals surface area (Å²) in [6.45, 7) is 8.84. The highest BCUT2D eigenvalue weighted by atomic mass is 16.6. The number of rotatable bonds is 21. The number of hydrogen-bond acceptors (Lipinski definition) is 8. The second-order valence-corrected chi connectivity index (χ2v) is 11.9. The summed E-state index contributed by atoms with van der Waals surface area (Å²) in [6.07, 6.45) is 8.26. The third-order valence-electron chi connectivity index (χ3n) is 7.65. The molecule has 10 nitrogen and oxygen atoms in total. The molecule has 4 rings (SSSR count). The van der Waals surface area contributed by atoms with Gasteiger partial charge in [-0.1, -0.05) is 49.3 Å². The number of nitro groups is 2. The first-order valence-corrected chi connectivity index (χ1v) is 17.0. The molecule has 0 heterocycles. The Bertz CT molecular complexity index is 1570. The molecule has 0 aliphatic carbocycles. The molecule has 0 atom stereocenters. The van der Waals surface area contributed by atoms with Crippen LogP contribution in [0.3, 0.4) is 0 Å². The number of ether oxygens (including phenoxy) is 3. The molecule has 50 heavy (non-hydrogen) atoms. The van der Waals surface area contributed by atoms with E-state index >= 15 is 0 Å². The van der Waals surface area contributed by atoms with E-state index in [9.17, 15) is 20.2 Å². The molecule has 0 aliphatic heterocycles. The summed E-state index contributed by atoms with van der Waals surface area (Å²) in [7, 11) is 0. The van der Waals surface area contributed by atoms with Gasteiger partial charge in [0, 0.05) is 37.5 Å². The Morgan fingerprint density at radius 2 is 0.900 bits per heavy atom. The Hall–Kier alpha value is -5.06. The van der Waals surface area contributed by atoms with Gasteiger partial charge in [0.05, 0.1) is 29.7 Å². The normalized spacial score (nSPS) is 10.5. The van der Waals surface area contributed by atoms with Crippen LogP contribution in [0.2, 0.25) is 0 Å². The predicted octanol–water partition coefficient (Wildman–Crippen LogP) is 9.99. The zero-order valence-electron chi connectivity index (χ0n) is 28.8. The number of hydrogen-bond donors (Lipinski definition) is 1. The second-order valence-electron chi connectivity index (χ2n) is 11.9. The topological polar surface area (TPSA) is 134 Å². The standard InChI is InChI=1S/C22H27NO4.C18H21NO4/c1-18(2)17-26-15-5-3-4-6-16-27-22-13-9-20(10-14-22)19-7-11-21(12-8-19)23(24)25;20-13-3-1-2-4-14-23-18-11-7-16(8-12-18)15-5-9-17(10-6-15)19(21)22/h7-14H,1,3-6,15-17H2,2H3;5-12,20H,1-4,13-14H2. The smallest absolute Gasteiger partial charge is 0.269 e. The van der Waals surface area contributed by atoms with Gasteiger partial charge >= 0.3 is 0 Å². The maximum atomic E-state index is 10.7. The fourth-order valence-corrected chi connectivity index (χ4v) is 4.89. The van der Waals surface area contributed by atoms with Gasteiger partial charge < -0.3 is 19.3 Å². The summed E-state index contributed by atoms with van der Waals surface area (Å²) in [5.41, 5.74) is 5.13. The summed E-state index contributed by atoms with van der Waals surface area (Å²) >= 11 is 0. The summed E-state index contributed by atoms with van der Waals surface area (Å²) in [6, 6.07) is 28.6. The molecule has 0 aliphatic rings. The third kappa shape index (κ3) is 15.0. The molecule has 10 heteroatoms. The first kappa shape index (κ1) is 39.4. The monoisotopic (exact) mass is 684 g/mol. The summed E-state index contributed by atoms with van der Waals surface area (Å²) in [5.74, 6) is 1.66. The van der Waals surface area contributed by atoms with Crippen LogP contribution in [0.5, 0.6) is 11.5 Å². The first-order chi connectivity index (χ1) is 24.3. The van der Waals surface area contributed by atoms with Gasteiger partial charge in [0.1, 0.15) is 11.5 Å². The van der Waals surface area contributed by atoms with Crippen molar-refractivity contribution in [3.05, 3.63) is 129 Å². The Kier molecular flexibility index (Phi) is 17.8. The summed E-state index contributed by atoms with van der Waals surface area (Å²) < 4.78 is 16.9. The molecule has 4 aromatic carbocycles. The SMILES string of the molecule is C=C(C)COCCCCCCOc1ccc(-c2ccc([N+](=O)[O-])cc2)cc1.O=[N+]([O-])c1ccc(-c2ccc(OCCCCCCO)cc2)cc1. The number of unbranched alkanes of at least 4 members (excludes halogenated alkanes) is 6. The Labute approximate surface area is 294 Å². The first-order valence-electron chi connectivity index (χ1n) is 17.0. The lowest BCUT2D eigenvalue weighted by atomic mass is 10.1. The van der Waals surface area contributed by atoms with Crippen molar-refractivity contribution < 1.29 is 29.2 Å². The minimum absolute atomic E-state index is 0.0925. The molecule has 0 spiro atoms. The predicted molar refractivity (Wildman–Crippen MR) is 198 cm³/mol. The van der Waals surface area contributed by atoms with Crippen LogP contribution in [-0.4, -0.2) is 48.0 Å². The maximum absolute atomic E-state index is 10.7. The number of nitrogens with zero attached hydrogens (tertiary/aromatic N) is 2. The molecule has 0 saturated heterocycles. The molecule has 0 bridgehead atoms. The van der Waals surface area contributed by atoms with Gasteiger partial charge in [-0.05, 0) is 116 Å². The van der Waals surface area contributed by atoms with Crippen molar-refractivity contribution in [1.82, 2.24) is 0 Å². The molecule has 4 aromatic rings. The lowest BCUT2D eigenvalue weighted by molar-refractivity contribution is -0.385. The van der Waals surface area contributed by atoms with Gasteiger partial charge in [-0.25, -0.2) is 0 Å². The van der Waals surface area contributed by atoms with E-state index in [1.54, 1.807) is 24.3 Å². The molecule has 0 radical (unpaired) electrons. The molecule has 266 valence electrons. The van der Waals surface area contributed by atoms with Crippen molar-refractivity contribution in [2.24, 2.45) is 0 Å². The lowest BCUT2D eigenvalue weighted by Gasteiger charge is -2.08. The van der Waals surface area contributed by atoms with Crippen LogP contribution in [0.1, 0.15) is 58.3 Å². The van der Waals surface area contributed by atoms with Crippen molar-refractivity contribution in [2.75, 3.05) is 33.0 Å². The number of aliphatic hydroxyl groups excluding tert-OH is 1. The van der Waals surface area contributed by atoms with Gasteiger partial charge in [0.15, 0.2) is 0 Å². The maximum Gasteiger partial charge on any atom is 0.269 e. The number of nitro benzene ring substituents is 2. The van der Waals surface area contributed by atoms with Crippen molar-refractivity contribution in [3.8, 4) is 33.8 Å². The van der Waals surface area contributed by atoms with E-state index in [0.29, 0.717) is 19.8 Å². The van der Waals surface area contributed by atoms with E-state index in [-0.39, 0.29) is 18.0 Å². The van der Waals surface area contributed by atoms with E-state index in [4.69, 9.17) is 19.3 Å². The van der Waals surface area contributed by atoms with E-state index < -0.39 is 9.85 Å². The fourth-order valence-electron chi connectivity index (χ4n) is 4.89. The van der Waals surface area contributed by atoms with Crippen molar-refractivity contribution >= 4 is 11.4 Å². The minimum atomic E-state index is -0.402. The Balaban J connectivity index is 0.000000274.